The van der Waals surface area contributed by atoms with Gasteiger partial charge < -0.3 is 0 Å². The van der Waals surface area contributed by atoms with E-state index in [2.05, 4.69) is 13.8 Å². The predicted octanol–water partition coefficient (Wildman–Crippen LogP) is 3.75. The summed E-state index contributed by atoms with van der Waals surface area (Å²) >= 11 is 0. The fourth-order valence-electron chi connectivity index (χ4n) is 1.33. The highest BCUT2D eigenvalue weighted by molar-refractivity contribution is 5.24. The summed E-state index contributed by atoms with van der Waals surface area (Å²) in [5.41, 5.74) is 3.51. The lowest BCUT2D eigenvalue weighted by atomic mass is 9.92. The Balaban J connectivity index is 2.81. The maximum absolute atomic E-state index is 13.0. The first-order valence-corrected chi connectivity index (χ1v) is 4.10. The zero-order chi connectivity index (χ0) is 8.43. The van der Waals surface area contributed by atoms with Gasteiger partial charge in [0.05, 0.1) is 0 Å². The third-order valence-electron chi connectivity index (χ3n) is 2.34. The quantitative estimate of drug-likeness (QED) is 0.466. The number of rotatable bonds is 0. The van der Waals surface area contributed by atoms with Crippen LogP contribution >= 0.6 is 0 Å². The summed E-state index contributed by atoms with van der Waals surface area (Å²) in [6.45, 7) is 6.00. The number of hydrogen-bond donors (Lipinski definition) is 0. The van der Waals surface area contributed by atoms with E-state index in [4.69, 9.17) is 0 Å². The van der Waals surface area contributed by atoms with Crippen molar-refractivity contribution in [2.45, 2.75) is 40.0 Å². The molecule has 0 unspecified atom stereocenters. The SMILES string of the molecule is CC(C)=C1CCC(C)=C(F)C1. The Morgan fingerprint density at radius 2 is 1.91 bits per heavy atom. The van der Waals surface area contributed by atoms with Gasteiger partial charge in [0, 0.05) is 6.42 Å². The van der Waals surface area contributed by atoms with Crippen LogP contribution in [-0.4, -0.2) is 0 Å². The van der Waals surface area contributed by atoms with Gasteiger partial charge in [0.15, 0.2) is 0 Å². The van der Waals surface area contributed by atoms with Crippen molar-refractivity contribution in [1.29, 1.82) is 0 Å². The van der Waals surface area contributed by atoms with E-state index in [9.17, 15) is 4.39 Å². The minimum atomic E-state index is 0.0902. The average Bonchev–Trinajstić information content (AvgIpc) is 1.94. The molecule has 0 heterocycles. The molecule has 0 saturated carbocycles. The summed E-state index contributed by atoms with van der Waals surface area (Å²) in [5, 5.41) is 0. The van der Waals surface area contributed by atoms with Gasteiger partial charge in [0.1, 0.15) is 5.83 Å². The molecule has 0 spiro atoms. The molecule has 0 bridgehead atoms. The van der Waals surface area contributed by atoms with Gasteiger partial charge in [-0.1, -0.05) is 11.1 Å². The van der Waals surface area contributed by atoms with Gasteiger partial charge in [-0.25, -0.2) is 4.39 Å². The van der Waals surface area contributed by atoms with Crippen molar-refractivity contribution in [2.24, 2.45) is 0 Å². The van der Waals surface area contributed by atoms with Crippen LogP contribution in [0.3, 0.4) is 0 Å². The topological polar surface area (TPSA) is 0 Å². The molecule has 0 fully saturated rings. The molecule has 0 aromatic rings. The minimum Gasteiger partial charge on any atom is -0.212 e. The Morgan fingerprint density at radius 3 is 2.36 bits per heavy atom. The van der Waals surface area contributed by atoms with E-state index in [-0.39, 0.29) is 5.83 Å². The van der Waals surface area contributed by atoms with Crippen LogP contribution in [0.4, 0.5) is 4.39 Å². The number of hydrogen-bond acceptors (Lipinski definition) is 0. The van der Waals surface area contributed by atoms with Crippen LogP contribution in [0.15, 0.2) is 22.5 Å². The van der Waals surface area contributed by atoms with E-state index in [1.54, 1.807) is 0 Å². The molecule has 1 heteroatoms. The Labute approximate surface area is 67.8 Å². The van der Waals surface area contributed by atoms with Crippen LogP contribution in [0, 0.1) is 0 Å². The maximum atomic E-state index is 13.0. The van der Waals surface area contributed by atoms with Gasteiger partial charge in [-0.15, -0.1) is 0 Å². The lowest BCUT2D eigenvalue weighted by Gasteiger charge is -2.16. The lowest BCUT2D eigenvalue weighted by molar-refractivity contribution is 0.563. The third kappa shape index (κ3) is 1.92. The van der Waals surface area contributed by atoms with E-state index in [1.807, 2.05) is 6.92 Å². The molecule has 1 aliphatic carbocycles. The van der Waals surface area contributed by atoms with Gasteiger partial charge in [0.25, 0.3) is 0 Å². The summed E-state index contributed by atoms with van der Waals surface area (Å²) in [4.78, 5) is 0. The van der Waals surface area contributed by atoms with Crippen LogP contribution in [0.5, 0.6) is 0 Å². The van der Waals surface area contributed by atoms with Crippen LogP contribution in [0.1, 0.15) is 40.0 Å². The number of halogens is 1. The molecular formula is C10H15F. The fourth-order valence-corrected chi connectivity index (χ4v) is 1.33. The summed E-state index contributed by atoms with van der Waals surface area (Å²) < 4.78 is 13.0. The van der Waals surface area contributed by atoms with Crippen molar-refractivity contribution in [3.05, 3.63) is 22.5 Å². The molecule has 0 atom stereocenters. The second-order valence-electron chi connectivity index (χ2n) is 3.47. The fraction of sp³-hybridized carbons (Fsp3) is 0.600. The lowest BCUT2D eigenvalue weighted by Crippen LogP contribution is -1.98. The molecule has 0 radical (unpaired) electrons. The molecule has 0 nitrogen and oxygen atoms in total. The molecule has 1 aliphatic rings. The van der Waals surface area contributed by atoms with Gasteiger partial charge in [0.2, 0.25) is 0 Å². The normalized spacial score (nSPS) is 19.1. The molecule has 1 rings (SSSR count). The molecule has 0 saturated heterocycles. The Bertz CT molecular complexity index is 217. The largest absolute Gasteiger partial charge is 0.212 e. The van der Waals surface area contributed by atoms with E-state index < -0.39 is 0 Å². The van der Waals surface area contributed by atoms with Crippen molar-refractivity contribution >= 4 is 0 Å². The van der Waals surface area contributed by atoms with E-state index in [1.165, 1.54) is 11.1 Å². The van der Waals surface area contributed by atoms with E-state index >= 15 is 0 Å². The van der Waals surface area contributed by atoms with Crippen molar-refractivity contribution in [1.82, 2.24) is 0 Å². The third-order valence-corrected chi connectivity index (χ3v) is 2.34. The second kappa shape index (κ2) is 3.21. The first-order chi connectivity index (χ1) is 5.11. The minimum absolute atomic E-state index is 0.0902. The summed E-state index contributed by atoms with van der Waals surface area (Å²) in [7, 11) is 0. The van der Waals surface area contributed by atoms with Gasteiger partial charge in [-0.05, 0) is 39.2 Å². The molecular weight excluding hydrogens is 139 g/mol. The monoisotopic (exact) mass is 154 g/mol. The molecule has 0 N–H and O–H groups in total. The van der Waals surface area contributed by atoms with Crippen LogP contribution in [0.2, 0.25) is 0 Å². The van der Waals surface area contributed by atoms with Crippen molar-refractivity contribution in [3.8, 4) is 0 Å². The van der Waals surface area contributed by atoms with Crippen LogP contribution < -0.4 is 0 Å². The Morgan fingerprint density at radius 1 is 1.27 bits per heavy atom. The molecule has 0 aliphatic heterocycles. The average molecular weight is 154 g/mol. The smallest absolute Gasteiger partial charge is 0.103 e. The van der Waals surface area contributed by atoms with Gasteiger partial charge in [-0.3, -0.25) is 0 Å². The summed E-state index contributed by atoms with van der Waals surface area (Å²) in [6, 6.07) is 0. The maximum Gasteiger partial charge on any atom is 0.103 e. The first-order valence-electron chi connectivity index (χ1n) is 4.10. The van der Waals surface area contributed by atoms with Crippen LogP contribution in [-0.2, 0) is 0 Å². The Kier molecular flexibility index (Phi) is 2.48. The highest BCUT2D eigenvalue weighted by Gasteiger charge is 2.13. The molecule has 0 aromatic carbocycles. The highest BCUT2D eigenvalue weighted by Crippen LogP contribution is 2.30. The Hall–Kier alpha value is -0.590. The van der Waals surface area contributed by atoms with E-state index in [0.29, 0.717) is 6.42 Å². The van der Waals surface area contributed by atoms with Crippen molar-refractivity contribution < 1.29 is 4.39 Å². The molecule has 62 valence electrons. The molecule has 0 amide bonds. The van der Waals surface area contributed by atoms with Gasteiger partial charge >= 0.3 is 0 Å². The van der Waals surface area contributed by atoms with E-state index in [0.717, 1.165) is 18.4 Å². The van der Waals surface area contributed by atoms with Crippen LogP contribution in [0.25, 0.3) is 0 Å². The van der Waals surface area contributed by atoms with Crippen molar-refractivity contribution in [3.63, 3.8) is 0 Å². The zero-order valence-electron chi connectivity index (χ0n) is 7.50. The first kappa shape index (κ1) is 8.51. The second-order valence-corrected chi connectivity index (χ2v) is 3.47. The summed E-state index contributed by atoms with van der Waals surface area (Å²) in [6.07, 6.45) is 2.53. The summed E-state index contributed by atoms with van der Waals surface area (Å²) in [5.74, 6) is 0.0902. The molecule has 11 heavy (non-hydrogen) atoms. The standard InChI is InChI=1S/C10H15F/c1-7(2)9-5-4-8(3)10(11)6-9/h4-6H2,1-3H3. The van der Waals surface area contributed by atoms with Gasteiger partial charge in [-0.2, -0.15) is 0 Å². The highest BCUT2D eigenvalue weighted by atomic mass is 19.1. The zero-order valence-corrected chi connectivity index (χ0v) is 7.50. The molecule has 0 aromatic heterocycles. The predicted molar refractivity (Wildman–Crippen MR) is 46.0 cm³/mol. The van der Waals surface area contributed by atoms with Crippen molar-refractivity contribution in [2.75, 3.05) is 0 Å². The number of allylic oxidation sites excluding steroid dienone is 4.